The van der Waals surface area contributed by atoms with Crippen LogP contribution in [-0.2, 0) is 4.12 Å². The molecule has 2 aliphatic carbocycles. The van der Waals surface area contributed by atoms with Crippen LogP contribution in [0.4, 0.5) is 0 Å². The number of hydrogen-bond donors (Lipinski definition) is 0. The molecule has 132 valence electrons. The normalized spacial score (nSPS) is 23.0. The van der Waals surface area contributed by atoms with Crippen LogP contribution in [0.5, 0.6) is 0 Å². The van der Waals surface area contributed by atoms with Crippen molar-refractivity contribution in [2.75, 3.05) is 0 Å². The maximum atomic E-state index is 7.05. The second-order valence-corrected chi connectivity index (χ2v) is 17.8. The van der Waals surface area contributed by atoms with Gasteiger partial charge in [-0.2, -0.15) is 0 Å². The molecular formula is C20H38OSi2. The first kappa shape index (κ1) is 19.2. The first-order valence-electron chi connectivity index (χ1n) is 9.82. The highest BCUT2D eigenvalue weighted by Gasteiger charge is 2.42. The molecule has 0 heterocycles. The zero-order valence-corrected chi connectivity index (χ0v) is 18.4. The fourth-order valence-corrected chi connectivity index (χ4v) is 13.4. The van der Waals surface area contributed by atoms with Crippen molar-refractivity contribution in [2.45, 2.75) is 102 Å². The van der Waals surface area contributed by atoms with Gasteiger partial charge in [0.15, 0.2) is 16.6 Å². The van der Waals surface area contributed by atoms with E-state index in [-0.39, 0.29) is 0 Å². The summed E-state index contributed by atoms with van der Waals surface area (Å²) in [6.07, 6.45) is 15.8. The quantitative estimate of drug-likeness (QED) is 0.363. The van der Waals surface area contributed by atoms with Crippen molar-refractivity contribution in [1.82, 2.24) is 0 Å². The van der Waals surface area contributed by atoms with Crippen molar-refractivity contribution in [3.05, 3.63) is 23.3 Å². The molecule has 0 spiro atoms. The Bertz CT molecular complexity index is 420. The van der Waals surface area contributed by atoms with Crippen LogP contribution in [-0.4, -0.2) is 16.6 Å². The number of hydrogen-bond acceptors (Lipinski definition) is 1. The van der Waals surface area contributed by atoms with E-state index in [1.165, 1.54) is 51.4 Å². The van der Waals surface area contributed by atoms with Gasteiger partial charge < -0.3 is 4.12 Å². The van der Waals surface area contributed by atoms with E-state index >= 15 is 0 Å². The predicted molar refractivity (Wildman–Crippen MR) is 108 cm³/mol. The van der Waals surface area contributed by atoms with E-state index in [9.17, 15) is 0 Å². The molecule has 2 unspecified atom stereocenters. The summed E-state index contributed by atoms with van der Waals surface area (Å²) in [5.74, 6) is 0. The minimum Gasteiger partial charge on any atom is -0.455 e. The molecule has 0 aromatic heterocycles. The van der Waals surface area contributed by atoms with Crippen molar-refractivity contribution in [1.29, 1.82) is 0 Å². The third-order valence-electron chi connectivity index (χ3n) is 6.38. The van der Waals surface area contributed by atoms with Crippen LogP contribution in [0.1, 0.15) is 65.2 Å². The summed E-state index contributed by atoms with van der Waals surface area (Å²) in [4.78, 5) is 0. The lowest BCUT2D eigenvalue weighted by Gasteiger charge is -2.43. The van der Waals surface area contributed by atoms with Crippen LogP contribution in [0.3, 0.4) is 0 Å². The first-order chi connectivity index (χ1) is 10.7. The maximum absolute atomic E-state index is 7.05. The molecule has 2 atom stereocenters. The van der Waals surface area contributed by atoms with Gasteiger partial charge in [-0.3, -0.25) is 0 Å². The molecule has 0 fully saturated rings. The Hall–Kier alpha value is -0.126. The van der Waals surface area contributed by atoms with E-state index in [0.717, 1.165) is 0 Å². The highest BCUT2D eigenvalue weighted by Crippen LogP contribution is 2.42. The molecule has 0 saturated heterocycles. The number of allylic oxidation sites excluding steroid dienone is 4. The van der Waals surface area contributed by atoms with Gasteiger partial charge in [0.25, 0.3) is 0 Å². The highest BCUT2D eigenvalue weighted by atomic mass is 28.4. The molecule has 2 rings (SSSR count). The molecular weight excluding hydrogens is 312 g/mol. The van der Waals surface area contributed by atoms with Gasteiger partial charge in [0, 0.05) is 0 Å². The molecule has 23 heavy (non-hydrogen) atoms. The van der Waals surface area contributed by atoms with Gasteiger partial charge in [0.2, 0.25) is 0 Å². The Kier molecular flexibility index (Phi) is 6.54. The molecule has 0 aromatic rings. The van der Waals surface area contributed by atoms with Gasteiger partial charge in [-0.1, -0.05) is 37.1 Å². The van der Waals surface area contributed by atoms with Gasteiger partial charge in [-0.05, 0) is 88.6 Å². The molecule has 0 aromatic carbocycles. The van der Waals surface area contributed by atoms with Gasteiger partial charge in [0.05, 0.1) is 0 Å². The van der Waals surface area contributed by atoms with Crippen molar-refractivity contribution in [3.8, 4) is 0 Å². The largest absolute Gasteiger partial charge is 0.455 e. The lowest BCUT2D eigenvalue weighted by molar-refractivity contribution is 0.507. The van der Waals surface area contributed by atoms with Crippen LogP contribution < -0.4 is 0 Å². The summed E-state index contributed by atoms with van der Waals surface area (Å²) in [6, 6.07) is 0. The van der Waals surface area contributed by atoms with Gasteiger partial charge in [0.1, 0.15) is 0 Å². The minimum absolute atomic E-state index is 0.669. The maximum Gasteiger partial charge on any atom is 0.180 e. The topological polar surface area (TPSA) is 9.23 Å². The average molecular weight is 351 g/mol. The Morgan fingerprint density at radius 2 is 1.13 bits per heavy atom. The first-order valence-corrected chi connectivity index (χ1v) is 15.8. The molecule has 0 N–H and O–H groups in total. The fraction of sp³-hybridized carbons (Fsp3) is 0.800. The molecule has 0 bridgehead atoms. The van der Waals surface area contributed by atoms with E-state index in [1.54, 1.807) is 11.1 Å². The SMILES string of the molecule is CC(C1=CCCCC1)[Si](C)(C)O[Si](C)(C)C(C)C1=CCCCC1. The van der Waals surface area contributed by atoms with Crippen molar-refractivity contribution in [3.63, 3.8) is 0 Å². The Labute approximate surface area is 146 Å². The van der Waals surface area contributed by atoms with E-state index in [1.807, 2.05) is 0 Å². The summed E-state index contributed by atoms with van der Waals surface area (Å²) in [6.45, 7) is 14.7. The summed E-state index contributed by atoms with van der Waals surface area (Å²) >= 11 is 0. The van der Waals surface area contributed by atoms with E-state index in [0.29, 0.717) is 11.1 Å². The monoisotopic (exact) mass is 350 g/mol. The van der Waals surface area contributed by atoms with Gasteiger partial charge in [-0.15, -0.1) is 0 Å². The third-order valence-corrected chi connectivity index (χ3v) is 15.5. The molecule has 2 aliphatic rings. The lowest BCUT2D eigenvalue weighted by Crippen LogP contribution is -2.49. The highest BCUT2D eigenvalue weighted by molar-refractivity contribution is 6.86. The van der Waals surface area contributed by atoms with E-state index in [4.69, 9.17) is 4.12 Å². The second-order valence-electron chi connectivity index (χ2n) is 8.80. The van der Waals surface area contributed by atoms with Crippen LogP contribution in [0.25, 0.3) is 0 Å². The summed E-state index contributed by atoms with van der Waals surface area (Å²) in [5, 5.41) is 0. The molecule has 1 nitrogen and oxygen atoms in total. The average Bonchev–Trinajstić information content (AvgIpc) is 2.54. The Morgan fingerprint density at radius 3 is 1.43 bits per heavy atom. The minimum atomic E-state index is -1.69. The van der Waals surface area contributed by atoms with E-state index < -0.39 is 16.6 Å². The second kappa shape index (κ2) is 7.84. The predicted octanol–water partition coefficient (Wildman–Crippen LogP) is 7.19. The zero-order chi connectivity index (χ0) is 17.1. The molecule has 0 amide bonds. The van der Waals surface area contributed by atoms with Crippen molar-refractivity contribution in [2.24, 2.45) is 0 Å². The molecule has 0 saturated carbocycles. The summed E-state index contributed by atoms with van der Waals surface area (Å²) < 4.78 is 7.05. The summed E-state index contributed by atoms with van der Waals surface area (Å²) in [7, 11) is -3.38. The van der Waals surface area contributed by atoms with Gasteiger partial charge >= 0.3 is 0 Å². The summed E-state index contributed by atoms with van der Waals surface area (Å²) in [5.41, 5.74) is 4.73. The third kappa shape index (κ3) is 4.93. The Balaban J connectivity index is 2.07. The molecule has 0 aliphatic heterocycles. The molecule has 0 radical (unpaired) electrons. The van der Waals surface area contributed by atoms with Crippen LogP contribution in [0.15, 0.2) is 23.3 Å². The zero-order valence-electron chi connectivity index (χ0n) is 16.4. The van der Waals surface area contributed by atoms with E-state index in [2.05, 4.69) is 52.2 Å². The standard InChI is InChI=1S/C20H38OSi2/c1-17(19-13-9-7-10-14-19)22(3,4)21-23(5,6)18(2)20-15-11-8-12-16-20/h13,15,17-18H,7-12,14,16H2,1-6H3. The smallest absolute Gasteiger partial charge is 0.180 e. The van der Waals surface area contributed by atoms with Crippen molar-refractivity contribution < 1.29 is 4.12 Å². The van der Waals surface area contributed by atoms with Crippen LogP contribution >= 0.6 is 0 Å². The number of rotatable bonds is 6. The van der Waals surface area contributed by atoms with Crippen LogP contribution in [0, 0.1) is 0 Å². The fourth-order valence-electron chi connectivity index (χ4n) is 4.26. The van der Waals surface area contributed by atoms with Crippen LogP contribution in [0.2, 0.25) is 37.3 Å². The molecule has 3 heteroatoms. The van der Waals surface area contributed by atoms with Crippen molar-refractivity contribution >= 4 is 16.6 Å². The lowest BCUT2D eigenvalue weighted by atomic mass is 9.97. The Morgan fingerprint density at radius 1 is 0.739 bits per heavy atom. The van der Waals surface area contributed by atoms with Gasteiger partial charge in [-0.25, -0.2) is 0 Å².